The molecule has 0 aliphatic carbocycles. The molecule has 15 heavy (non-hydrogen) atoms. The molecule has 2 aliphatic rings. The van der Waals surface area contributed by atoms with Gasteiger partial charge in [0.25, 0.3) is 5.91 Å². The first-order valence-corrected chi connectivity index (χ1v) is 6.25. The van der Waals surface area contributed by atoms with Gasteiger partial charge in [-0.15, -0.1) is 0 Å². The maximum atomic E-state index is 11.6. The van der Waals surface area contributed by atoms with E-state index in [1.807, 2.05) is 4.90 Å². The van der Waals surface area contributed by atoms with Crippen LogP contribution >= 0.6 is 15.9 Å². The Morgan fingerprint density at radius 1 is 1.27 bits per heavy atom. The third-order valence-electron chi connectivity index (χ3n) is 3.28. The van der Waals surface area contributed by atoms with Crippen molar-refractivity contribution in [2.45, 2.75) is 25.3 Å². The smallest absolute Gasteiger partial charge is 0.299 e. The van der Waals surface area contributed by atoms with Crippen molar-refractivity contribution in [2.24, 2.45) is 0 Å². The molecule has 4 heteroatoms. The Bertz CT molecular complexity index is 307. The van der Waals surface area contributed by atoms with E-state index in [4.69, 9.17) is 0 Å². The number of nitrogens with zero attached hydrogens (tertiary/aromatic N) is 2. The molecule has 2 rings (SSSR count). The van der Waals surface area contributed by atoms with E-state index < -0.39 is 0 Å². The normalized spacial score (nSPS) is 26.5. The average molecular weight is 271 g/mol. The van der Waals surface area contributed by atoms with Gasteiger partial charge in [0.2, 0.25) is 0 Å². The number of piperazine rings is 1. The molecule has 0 N–H and O–H groups in total. The van der Waals surface area contributed by atoms with Gasteiger partial charge in [-0.2, -0.15) is 0 Å². The van der Waals surface area contributed by atoms with Crippen LogP contribution in [0.1, 0.15) is 19.3 Å². The van der Waals surface area contributed by atoms with Gasteiger partial charge in [-0.25, -0.2) is 0 Å². The van der Waals surface area contributed by atoms with Gasteiger partial charge in [0, 0.05) is 47.5 Å². The summed E-state index contributed by atoms with van der Waals surface area (Å²) >= 11 is 2.97. The minimum Gasteiger partial charge on any atom is -0.329 e. The van der Waals surface area contributed by atoms with Crippen molar-refractivity contribution in [1.82, 2.24) is 9.80 Å². The molecule has 0 bridgehead atoms. The van der Waals surface area contributed by atoms with Gasteiger partial charge in [0.05, 0.1) is 0 Å². The molecule has 2 heterocycles. The van der Waals surface area contributed by atoms with Crippen molar-refractivity contribution in [3.8, 4) is 10.8 Å². The highest BCUT2D eigenvalue weighted by molar-refractivity contribution is 9.12. The predicted molar refractivity (Wildman–Crippen MR) is 62.5 cm³/mol. The molecule has 0 aromatic rings. The SMILES string of the molecule is O=C(C#CBr)N1CCN2CCCCC2C1. The molecule has 0 spiro atoms. The molecule has 1 amide bonds. The number of carbonyl (C=O) groups excluding carboxylic acids is 1. The summed E-state index contributed by atoms with van der Waals surface area (Å²) in [6.07, 6.45) is 3.84. The van der Waals surface area contributed by atoms with E-state index in [-0.39, 0.29) is 5.91 Å². The van der Waals surface area contributed by atoms with E-state index in [1.165, 1.54) is 25.8 Å². The van der Waals surface area contributed by atoms with Gasteiger partial charge in [-0.05, 0) is 24.2 Å². The number of rotatable bonds is 0. The molecular weight excluding hydrogens is 256 g/mol. The average Bonchev–Trinajstić information content (AvgIpc) is 2.29. The zero-order valence-corrected chi connectivity index (χ0v) is 10.3. The Hall–Kier alpha value is -0.530. The van der Waals surface area contributed by atoms with Gasteiger partial charge in [0.1, 0.15) is 0 Å². The van der Waals surface area contributed by atoms with Crippen LogP contribution in [0.2, 0.25) is 0 Å². The molecule has 2 aliphatic heterocycles. The van der Waals surface area contributed by atoms with Gasteiger partial charge < -0.3 is 4.90 Å². The van der Waals surface area contributed by atoms with Crippen LogP contribution in [-0.4, -0.2) is 47.9 Å². The lowest BCUT2D eigenvalue weighted by Gasteiger charge is -2.43. The summed E-state index contributed by atoms with van der Waals surface area (Å²) in [6, 6.07) is 0.577. The first kappa shape index (κ1) is 11.0. The summed E-state index contributed by atoms with van der Waals surface area (Å²) in [7, 11) is 0. The predicted octanol–water partition coefficient (Wildman–Crippen LogP) is 1.04. The zero-order chi connectivity index (χ0) is 10.7. The highest BCUT2D eigenvalue weighted by Crippen LogP contribution is 2.20. The molecule has 3 nitrogen and oxygen atoms in total. The molecule has 1 atom stereocenters. The van der Waals surface area contributed by atoms with E-state index in [0.717, 1.165) is 19.6 Å². The molecule has 1 unspecified atom stereocenters. The number of halogens is 1. The zero-order valence-electron chi connectivity index (χ0n) is 8.71. The minimum absolute atomic E-state index is 0.0444. The fraction of sp³-hybridized carbons (Fsp3) is 0.727. The summed E-state index contributed by atoms with van der Waals surface area (Å²) in [5.74, 6) is 2.50. The molecule has 0 aromatic carbocycles. The summed E-state index contributed by atoms with van der Waals surface area (Å²) < 4.78 is 0. The van der Waals surface area contributed by atoms with Crippen LogP contribution in [-0.2, 0) is 4.79 Å². The maximum Gasteiger partial charge on any atom is 0.299 e. The monoisotopic (exact) mass is 270 g/mol. The summed E-state index contributed by atoms with van der Waals surface area (Å²) in [4.78, 5) is 18.5. The van der Waals surface area contributed by atoms with E-state index in [9.17, 15) is 4.79 Å². The molecule has 0 saturated carbocycles. The lowest BCUT2D eigenvalue weighted by Crippen LogP contribution is -2.55. The molecule has 82 valence electrons. The Balaban J connectivity index is 1.95. The van der Waals surface area contributed by atoms with Crippen LogP contribution in [0.15, 0.2) is 0 Å². The lowest BCUT2D eigenvalue weighted by molar-refractivity contribution is -0.128. The molecule has 2 fully saturated rings. The highest BCUT2D eigenvalue weighted by atomic mass is 79.9. The first-order valence-electron chi connectivity index (χ1n) is 5.46. The lowest BCUT2D eigenvalue weighted by atomic mass is 9.99. The third-order valence-corrected chi connectivity index (χ3v) is 3.48. The third kappa shape index (κ3) is 2.53. The van der Waals surface area contributed by atoms with Crippen LogP contribution in [0.25, 0.3) is 0 Å². The van der Waals surface area contributed by atoms with Crippen molar-refractivity contribution in [1.29, 1.82) is 0 Å². The van der Waals surface area contributed by atoms with Crippen molar-refractivity contribution >= 4 is 21.8 Å². The number of piperidine rings is 1. The van der Waals surface area contributed by atoms with Gasteiger partial charge in [0.15, 0.2) is 0 Å². The van der Waals surface area contributed by atoms with Crippen molar-refractivity contribution < 1.29 is 4.79 Å². The van der Waals surface area contributed by atoms with E-state index >= 15 is 0 Å². The summed E-state index contributed by atoms with van der Waals surface area (Å²) in [5, 5.41) is 0. The Morgan fingerprint density at radius 3 is 2.93 bits per heavy atom. The van der Waals surface area contributed by atoms with Crippen molar-refractivity contribution in [2.75, 3.05) is 26.2 Å². The van der Waals surface area contributed by atoms with Crippen LogP contribution in [0, 0.1) is 10.8 Å². The summed E-state index contributed by atoms with van der Waals surface area (Å²) in [6.45, 7) is 3.91. The first-order chi connectivity index (χ1) is 7.31. The number of carbonyl (C=O) groups is 1. The largest absolute Gasteiger partial charge is 0.329 e. The number of fused-ring (bicyclic) bond motifs is 1. The standard InChI is InChI=1S/C11H15BrN2O/c12-5-4-11(15)14-8-7-13-6-2-1-3-10(13)9-14/h10H,1-3,6-9H2. The van der Waals surface area contributed by atoms with E-state index in [1.54, 1.807) is 0 Å². The Labute approximate surface area is 98.9 Å². The second kappa shape index (κ2) is 5.00. The quantitative estimate of drug-likeness (QED) is 0.615. The highest BCUT2D eigenvalue weighted by Gasteiger charge is 2.30. The van der Waals surface area contributed by atoms with Gasteiger partial charge in [-0.1, -0.05) is 6.42 Å². The Morgan fingerprint density at radius 2 is 2.13 bits per heavy atom. The molecular formula is C11H15BrN2O. The van der Waals surface area contributed by atoms with Crippen LogP contribution in [0.5, 0.6) is 0 Å². The Kier molecular flexibility index (Phi) is 3.66. The van der Waals surface area contributed by atoms with E-state index in [0.29, 0.717) is 6.04 Å². The van der Waals surface area contributed by atoms with Crippen LogP contribution in [0.4, 0.5) is 0 Å². The van der Waals surface area contributed by atoms with Crippen LogP contribution in [0.3, 0.4) is 0 Å². The number of hydrogen-bond acceptors (Lipinski definition) is 2. The van der Waals surface area contributed by atoms with Gasteiger partial charge in [-0.3, -0.25) is 9.69 Å². The fourth-order valence-corrected chi connectivity index (χ4v) is 2.63. The van der Waals surface area contributed by atoms with Crippen molar-refractivity contribution in [3.05, 3.63) is 0 Å². The van der Waals surface area contributed by atoms with Crippen molar-refractivity contribution in [3.63, 3.8) is 0 Å². The summed E-state index contributed by atoms with van der Waals surface area (Å²) in [5.41, 5.74) is 0. The molecule has 0 radical (unpaired) electrons. The number of hydrogen-bond donors (Lipinski definition) is 0. The van der Waals surface area contributed by atoms with Gasteiger partial charge >= 0.3 is 0 Å². The maximum absolute atomic E-state index is 11.6. The van der Waals surface area contributed by atoms with Crippen LogP contribution < -0.4 is 0 Å². The number of amides is 1. The molecule has 0 aromatic heterocycles. The topological polar surface area (TPSA) is 23.6 Å². The van der Waals surface area contributed by atoms with E-state index in [2.05, 4.69) is 31.6 Å². The second-order valence-electron chi connectivity index (χ2n) is 4.16. The fourth-order valence-electron chi connectivity index (χ4n) is 2.46. The minimum atomic E-state index is -0.0444. The second-order valence-corrected chi connectivity index (χ2v) is 4.55. The molecule has 2 saturated heterocycles.